The fourth-order valence-corrected chi connectivity index (χ4v) is 3.45. The van der Waals surface area contributed by atoms with Crippen molar-refractivity contribution in [3.63, 3.8) is 0 Å². The van der Waals surface area contributed by atoms with Crippen LogP contribution in [-0.2, 0) is 0 Å². The predicted molar refractivity (Wildman–Crippen MR) is 102 cm³/mol. The van der Waals surface area contributed by atoms with Crippen molar-refractivity contribution in [2.24, 2.45) is 11.5 Å². The number of rotatable bonds is 2. The first-order chi connectivity index (χ1) is 12.1. The van der Waals surface area contributed by atoms with Gasteiger partial charge >= 0.3 is 0 Å². The van der Waals surface area contributed by atoms with Crippen LogP contribution >= 0.6 is 31.9 Å². The number of hydrogen-bond acceptors (Lipinski definition) is 7. The van der Waals surface area contributed by atoms with Crippen molar-refractivity contribution in [1.29, 1.82) is 0 Å². The van der Waals surface area contributed by atoms with Crippen molar-refractivity contribution < 1.29 is 4.63 Å². The van der Waals surface area contributed by atoms with Gasteiger partial charge in [0.15, 0.2) is 11.6 Å². The van der Waals surface area contributed by atoms with Crippen LogP contribution in [-0.4, -0.2) is 10.3 Å². The van der Waals surface area contributed by atoms with E-state index in [0.29, 0.717) is 23.3 Å². The Bertz CT molecular complexity index is 910. The summed E-state index contributed by atoms with van der Waals surface area (Å²) >= 11 is 6.92. The topological polar surface area (TPSA) is 97.4 Å². The molecule has 9 heteroatoms. The molecule has 0 spiro atoms. The molecule has 1 aliphatic rings. The molecule has 2 heterocycles. The third-order valence-corrected chi connectivity index (χ3v) is 4.74. The summed E-state index contributed by atoms with van der Waals surface area (Å²) in [4.78, 5) is 3.42. The lowest BCUT2D eigenvalue weighted by Crippen LogP contribution is -2.38. The number of benzene rings is 2. The number of hydrogen-bond donors (Lipinski definition) is 2. The van der Waals surface area contributed by atoms with E-state index >= 15 is 0 Å². The largest absolute Gasteiger partial charge is 0.382 e. The summed E-state index contributed by atoms with van der Waals surface area (Å²) in [5.41, 5.74) is 14.3. The molecular weight excluding hydrogens is 452 g/mol. The van der Waals surface area contributed by atoms with Gasteiger partial charge in [-0.1, -0.05) is 44.0 Å². The summed E-state index contributed by atoms with van der Waals surface area (Å²) in [6.07, 6.45) is 0. The standard InChI is InChI=1S/C16H12Br2N6O/c17-9-3-1-5-11(7-9)23-13(19)14(20)24(16-15(23)21-25-22-16)12-6-2-4-10(18)8-12/h1-8H,19-20H2. The zero-order chi connectivity index (χ0) is 17.6. The average Bonchev–Trinajstić information content (AvgIpc) is 3.04. The second kappa shape index (κ2) is 6.08. The van der Waals surface area contributed by atoms with Crippen molar-refractivity contribution in [2.75, 3.05) is 9.80 Å². The van der Waals surface area contributed by atoms with Crippen molar-refractivity contribution in [1.82, 2.24) is 10.3 Å². The molecule has 0 unspecified atom stereocenters. The highest BCUT2D eigenvalue weighted by Crippen LogP contribution is 2.43. The van der Waals surface area contributed by atoms with E-state index in [-0.39, 0.29) is 0 Å². The van der Waals surface area contributed by atoms with Crippen LogP contribution in [0.3, 0.4) is 0 Å². The molecule has 3 aromatic rings. The van der Waals surface area contributed by atoms with E-state index in [1.165, 1.54) is 0 Å². The molecule has 126 valence electrons. The van der Waals surface area contributed by atoms with Crippen LogP contribution in [0.2, 0.25) is 0 Å². The first-order valence-corrected chi connectivity index (χ1v) is 8.84. The Balaban J connectivity index is 1.90. The van der Waals surface area contributed by atoms with Crippen LogP contribution in [0.25, 0.3) is 0 Å². The molecule has 0 atom stereocenters. The first-order valence-electron chi connectivity index (χ1n) is 7.25. The van der Waals surface area contributed by atoms with Gasteiger partial charge in [0.1, 0.15) is 0 Å². The highest BCUT2D eigenvalue weighted by atomic mass is 79.9. The molecule has 1 aliphatic heterocycles. The highest BCUT2D eigenvalue weighted by molar-refractivity contribution is 9.10. The Morgan fingerprint density at radius 3 is 1.60 bits per heavy atom. The maximum atomic E-state index is 6.35. The minimum Gasteiger partial charge on any atom is -0.382 e. The molecular formula is C16H12Br2N6O. The van der Waals surface area contributed by atoms with E-state index in [2.05, 4.69) is 42.2 Å². The summed E-state index contributed by atoms with van der Waals surface area (Å²) in [7, 11) is 0. The van der Waals surface area contributed by atoms with Crippen LogP contribution in [0.1, 0.15) is 0 Å². The molecule has 0 saturated carbocycles. The maximum absolute atomic E-state index is 6.35. The van der Waals surface area contributed by atoms with Gasteiger partial charge in [0.05, 0.1) is 11.4 Å². The number of fused-ring (bicyclic) bond motifs is 1. The van der Waals surface area contributed by atoms with Crippen molar-refractivity contribution in [3.05, 3.63) is 69.1 Å². The van der Waals surface area contributed by atoms with E-state index < -0.39 is 0 Å². The molecule has 0 saturated heterocycles. The monoisotopic (exact) mass is 462 g/mol. The molecule has 7 nitrogen and oxygen atoms in total. The zero-order valence-corrected chi connectivity index (χ0v) is 15.9. The lowest BCUT2D eigenvalue weighted by molar-refractivity contribution is 0.309. The zero-order valence-electron chi connectivity index (χ0n) is 12.7. The van der Waals surface area contributed by atoms with Crippen molar-refractivity contribution in [2.45, 2.75) is 0 Å². The maximum Gasteiger partial charge on any atom is 0.229 e. The van der Waals surface area contributed by atoms with Crippen LogP contribution < -0.4 is 21.3 Å². The van der Waals surface area contributed by atoms with Gasteiger partial charge in [-0.15, -0.1) is 0 Å². The van der Waals surface area contributed by atoms with Gasteiger partial charge in [0, 0.05) is 8.95 Å². The molecule has 0 radical (unpaired) electrons. The Hall–Kier alpha value is -2.52. The smallest absolute Gasteiger partial charge is 0.229 e. The van der Waals surface area contributed by atoms with Crippen molar-refractivity contribution in [3.8, 4) is 0 Å². The lowest BCUT2D eigenvalue weighted by Gasteiger charge is -2.34. The lowest BCUT2D eigenvalue weighted by atomic mass is 10.2. The fraction of sp³-hybridized carbons (Fsp3) is 0. The first kappa shape index (κ1) is 16.0. The third kappa shape index (κ3) is 2.65. The molecule has 4 N–H and O–H groups in total. The predicted octanol–water partition coefficient (Wildman–Crippen LogP) is 3.93. The Morgan fingerprint density at radius 2 is 1.20 bits per heavy atom. The van der Waals surface area contributed by atoms with Gasteiger partial charge in [-0.2, -0.15) is 0 Å². The Kier molecular flexibility index (Phi) is 3.89. The SMILES string of the molecule is NC1=C(N)N(c2cccc(Br)c2)c2nonc2N1c1cccc(Br)c1. The number of nitrogens with zero attached hydrogens (tertiary/aromatic N) is 4. The van der Waals surface area contributed by atoms with Crippen molar-refractivity contribution >= 4 is 54.9 Å². The third-order valence-electron chi connectivity index (χ3n) is 3.76. The van der Waals surface area contributed by atoms with E-state index in [4.69, 9.17) is 16.1 Å². The molecule has 4 rings (SSSR count). The number of nitrogens with two attached hydrogens (primary N) is 2. The minimum atomic E-state index is 0.335. The van der Waals surface area contributed by atoms with Crippen LogP contribution in [0.5, 0.6) is 0 Å². The van der Waals surface area contributed by atoms with Gasteiger partial charge < -0.3 is 11.5 Å². The number of anilines is 4. The Labute approximate surface area is 160 Å². The molecule has 1 aromatic heterocycles. The Morgan fingerprint density at radius 1 is 0.760 bits per heavy atom. The summed E-state index contributed by atoms with van der Waals surface area (Å²) in [6, 6.07) is 15.3. The molecule has 2 aromatic carbocycles. The average molecular weight is 464 g/mol. The minimum absolute atomic E-state index is 0.335. The second-order valence-corrected chi connectivity index (χ2v) is 7.14. The number of halogens is 2. The summed E-state index contributed by atoms with van der Waals surface area (Å²) in [5.74, 6) is 1.59. The van der Waals surface area contributed by atoms with Crippen LogP contribution in [0.4, 0.5) is 23.0 Å². The van der Waals surface area contributed by atoms with Gasteiger partial charge in [0.25, 0.3) is 0 Å². The van der Waals surface area contributed by atoms with Crippen LogP contribution in [0.15, 0.2) is 73.7 Å². The van der Waals surface area contributed by atoms with E-state index in [1.54, 1.807) is 9.80 Å². The summed E-state index contributed by atoms with van der Waals surface area (Å²) in [6.45, 7) is 0. The van der Waals surface area contributed by atoms with E-state index in [9.17, 15) is 0 Å². The molecule has 0 fully saturated rings. The molecule has 25 heavy (non-hydrogen) atoms. The van der Waals surface area contributed by atoms with Crippen LogP contribution in [0, 0.1) is 0 Å². The molecule has 0 amide bonds. The normalized spacial score (nSPS) is 14.0. The second-order valence-electron chi connectivity index (χ2n) is 5.31. The number of aromatic nitrogens is 2. The van der Waals surface area contributed by atoms with Gasteiger partial charge in [-0.3, -0.25) is 9.80 Å². The van der Waals surface area contributed by atoms with E-state index in [0.717, 1.165) is 20.3 Å². The quantitative estimate of drug-likeness (QED) is 0.594. The van der Waals surface area contributed by atoms with Gasteiger partial charge in [-0.05, 0) is 46.7 Å². The van der Waals surface area contributed by atoms with Gasteiger partial charge in [0.2, 0.25) is 11.6 Å². The summed E-state index contributed by atoms with van der Waals surface area (Å²) < 4.78 is 6.80. The fourth-order valence-electron chi connectivity index (χ4n) is 2.67. The van der Waals surface area contributed by atoms with Gasteiger partial charge in [-0.25, -0.2) is 4.63 Å². The molecule has 0 aliphatic carbocycles. The molecule has 0 bridgehead atoms. The van der Waals surface area contributed by atoms with E-state index in [1.807, 2.05) is 48.5 Å². The summed E-state index contributed by atoms with van der Waals surface area (Å²) in [5, 5.41) is 8.06. The highest BCUT2D eigenvalue weighted by Gasteiger charge is 2.35.